The van der Waals surface area contributed by atoms with Crippen molar-refractivity contribution in [1.29, 1.82) is 5.26 Å². The van der Waals surface area contributed by atoms with Crippen LogP contribution in [-0.4, -0.2) is 19.2 Å². The molecule has 4 heteroatoms. The lowest BCUT2D eigenvalue weighted by Crippen LogP contribution is -2.45. The maximum Gasteiger partial charge on any atom is 0.238 e. The Bertz CT molecular complexity index is 457. The molecule has 0 fully saturated rings. The van der Waals surface area contributed by atoms with Gasteiger partial charge in [-0.25, -0.2) is 0 Å². The maximum absolute atomic E-state index is 9.38. The van der Waals surface area contributed by atoms with Gasteiger partial charge in [-0.05, 0) is 13.0 Å². The number of thioether (sulfide) groups is 1. The van der Waals surface area contributed by atoms with E-state index in [0.29, 0.717) is 0 Å². The number of hydrogen-bond acceptors (Lipinski definition) is 4. The minimum atomic E-state index is -1.01. The topological polar surface area (TPSA) is 42.2 Å². The highest BCUT2D eigenvalue weighted by Crippen LogP contribution is 2.57. The van der Waals surface area contributed by atoms with E-state index in [2.05, 4.69) is 6.07 Å². The van der Waals surface area contributed by atoms with E-state index in [1.54, 1.807) is 14.2 Å². The molecule has 16 heavy (non-hydrogen) atoms. The van der Waals surface area contributed by atoms with Gasteiger partial charge in [0.1, 0.15) is 11.7 Å². The van der Waals surface area contributed by atoms with Gasteiger partial charge in [-0.2, -0.15) is 5.26 Å². The van der Waals surface area contributed by atoms with Gasteiger partial charge in [-0.1, -0.05) is 30.0 Å². The molecule has 0 N–H and O–H groups in total. The van der Waals surface area contributed by atoms with Crippen LogP contribution in [0, 0.1) is 11.3 Å². The minimum Gasteiger partial charge on any atom is -0.369 e. The predicted molar refractivity (Wildman–Crippen MR) is 62.0 cm³/mol. The molecule has 2 unspecified atom stereocenters. The van der Waals surface area contributed by atoms with Gasteiger partial charge in [0.2, 0.25) is 4.93 Å². The second-order valence-corrected chi connectivity index (χ2v) is 4.99. The maximum atomic E-state index is 9.38. The van der Waals surface area contributed by atoms with Gasteiger partial charge in [0.15, 0.2) is 0 Å². The number of rotatable bonds is 2. The van der Waals surface area contributed by atoms with Crippen LogP contribution in [0.2, 0.25) is 0 Å². The summed E-state index contributed by atoms with van der Waals surface area (Å²) in [6, 6.07) is 10.1. The van der Waals surface area contributed by atoms with Gasteiger partial charge in [-0.15, -0.1) is 0 Å². The summed E-state index contributed by atoms with van der Waals surface area (Å²) in [5.41, 5.74) is 0.267. The zero-order chi connectivity index (χ0) is 11.8. The fourth-order valence-electron chi connectivity index (χ4n) is 2.04. The zero-order valence-corrected chi connectivity index (χ0v) is 10.3. The molecule has 0 saturated heterocycles. The van der Waals surface area contributed by atoms with Gasteiger partial charge < -0.3 is 9.47 Å². The molecule has 0 spiro atoms. The molecule has 1 heterocycles. The van der Waals surface area contributed by atoms with Crippen LogP contribution in [0.4, 0.5) is 0 Å². The van der Waals surface area contributed by atoms with Crippen molar-refractivity contribution in [3.63, 3.8) is 0 Å². The molecule has 1 aromatic carbocycles. The predicted octanol–water partition coefficient (Wildman–Crippen LogP) is 2.52. The molecule has 0 saturated carbocycles. The molecule has 2 atom stereocenters. The molecule has 0 bridgehead atoms. The zero-order valence-electron chi connectivity index (χ0n) is 9.48. The van der Waals surface area contributed by atoms with Crippen molar-refractivity contribution in [2.45, 2.75) is 22.4 Å². The molecular formula is C12H13NO2S. The van der Waals surface area contributed by atoms with Crippen molar-refractivity contribution in [3.8, 4) is 6.07 Å². The molecule has 2 rings (SSSR count). The summed E-state index contributed by atoms with van der Waals surface area (Å²) >= 11 is 1.41. The second kappa shape index (κ2) is 3.77. The fraction of sp³-hybridized carbons (Fsp3) is 0.417. The lowest BCUT2D eigenvalue weighted by Gasteiger charge is -2.35. The molecule has 3 nitrogen and oxygen atoms in total. The Labute approximate surface area is 99.4 Å². The van der Waals surface area contributed by atoms with E-state index in [-0.39, 0.29) is 0 Å². The molecule has 0 aliphatic carbocycles. The van der Waals surface area contributed by atoms with Gasteiger partial charge in [-0.3, -0.25) is 0 Å². The standard InChI is InChI=1S/C12H13NO2S/c1-11(14-2)9-6-4-5-7-10(9)16-12(11,8-13)15-3/h4-7H,1-3H3. The van der Waals surface area contributed by atoms with E-state index in [9.17, 15) is 5.26 Å². The lowest BCUT2D eigenvalue weighted by molar-refractivity contribution is -0.102. The van der Waals surface area contributed by atoms with Crippen molar-refractivity contribution in [1.82, 2.24) is 0 Å². The minimum absolute atomic E-state index is 0.738. The number of methoxy groups -OCH3 is 2. The fourth-order valence-corrected chi connectivity index (χ4v) is 3.38. The first-order valence-corrected chi connectivity index (χ1v) is 5.75. The highest BCUT2D eigenvalue weighted by molar-refractivity contribution is 8.01. The smallest absolute Gasteiger partial charge is 0.238 e. The Morgan fingerprint density at radius 1 is 1.25 bits per heavy atom. The third-order valence-corrected chi connectivity index (χ3v) is 4.64. The molecule has 1 aliphatic rings. The number of ether oxygens (including phenoxy) is 2. The lowest BCUT2D eigenvalue weighted by atomic mass is 9.90. The molecular weight excluding hydrogens is 222 g/mol. The summed E-state index contributed by atoms with van der Waals surface area (Å²) < 4.78 is 11.0. The molecule has 0 amide bonds. The van der Waals surface area contributed by atoms with Gasteiger partial charge >= 0.3 is 0 Å². The Balaban J connectivity index is 2.64. The SMILES string of the molecule is COC1(C#N)Sc2ccccc2C1(C)OC. The Morgan fingerprint density at radius 2 is 1.94 bits per heavy atom. The summed E-state index contributed by atoms with van der Waals surface area (Å²) in [7, 11) is 3.15. The molecule has 0 aromatic heterocycles. The Morgan fingerprint density at radius 3 is 2.50 bits per heavy atom. The summed E-state index contributed by atoms with van der Waals surface area (Å²) in [4.78, 5) is 0.0288. The van der Waals surface area contributed by atoms with Crippen molar-refractivity contribution < 1.29 is 9.47 Å². The van der Waals surface area contributed by atoms with Gasteiger partial charge in [0.05, 0.1) is 0 Å². The van der Waals surface area contributed by atoms with Crippen LogP contribution in [0.3, 0.4) is 0 Å². The normalized spacial score (nSPS) is 32.1. The van der Waals surface area contributed by atoms with Gasteiger partial charge in [0.25, 0.3) is 0 Å². The van der Waals surface area contributed by atoms with Crippen LogP contribution in [-0.2, 0) is 15.1 Å². The van der Waals surface area contributed by atoms with Crippen LogP contribution < -0.4 is 0 Å². The van der Waals surface area contributed by atoms with Gasteiger partial charge in [0, 0.05) is 24.7 Å². The third-order valence-electron chi connectivity index (χ3n) is 3.13. The first kappa shape index (κ1) is 11.5. The van der Waals surface area contributed by atoms with E-state index in [1.165, 1.54) is 11.8 Å². The first-order valence-electron chi connectivity index (χ1n) is 4.93. The van der Waals surface area contributed by atoms with E-state index in [1.807, 2.05) is 31.2 Å². The number of nitriles is 1. The molecule has 0 radical (unpaired) electrons. The van der Waals surface area contributed by atoms with Crippen LogP contribution in [0.1, 0.15) is 12.5 Å². The Kier molecular flexibility index (Phi) is 2.70. The average Bonchev–Trinajstić information content (AvgIpc) is 2.60. The van der Waals surface area contributed by atoms with E-state index < -0.39 is 10.5 Å². The average molecular weight is 235 g/mol. The molecule has 1 aliphatic heterocycles. The van der Waals surface area contributed by atoms with Crippen molar-refractivity contribution in [3.05, 3.63) is 29.8 Å². The van der Waals surface area contributed by atoms with Crippen LogP contribution in [0.15, 0.2) is 29.2 Å². The van der Waals surface area contributed by atoms with E-state index in [4.69, 9.17) is 9.47 Å². The monoisotopic (exact) mass is 235 g/mol. The highest BCUT2D eigenvalue weighted by Gasteiger charge is 2.58. The first-order chi connectivity index (χ1) is 7.63. The summed E-state index contributed by atoms with van der Waals surface area (Å²) in [5, 5.41) is 9.38. The van der Waals surface area contributed by atoms with Crippen molar-refractivity contribution in [2.75, 3.05) is 14.2 Å². The summed E-state index contributed by atoms with van der Waals surface area (Å²) in [5.74, 6) is 0. The largest absolute Gasteiger partial charge is 0.369 e. The second-order valence-electron chi connectivity index (χ2n) is 3.77. The van der Waals surface area contributed by atoms with Crippen molar-refractivity contribution >= 4 is 11.8 Å². The highest BCUT2D eigenvalue weighted by atomic mass is 32.2. The number of nitrogens with zero attached hydrogens (tertiary/aromatic N) is 1. The van der Waals surface area contributed by atoms with E-state index in [0.717, 1.165) is 10.5 Å². The van der Waals surface area contributed by atoms with Crippen molar-refractivity contribution in [2.24, 2.45) is 0 Å². The number of fused-ring (bicyclic) bond motifs is 1. The quantitative estimate of drug-likeness (QED) is 0.790. The molecule has 1 aromatic rings. The van der Waals surface area contributed by atoms with E-state index >= 15 is 0 Å². The summed E-state index contributed by atoms with van der Waals surface area (Å²) in [6.07, 6.45) is 0. The molecule has 84 valence electrons. The van der Waals surface area contributed by atoms with Crippen LogP contribution >= 0.6 is 11.8 Å². The van der Waals surface area contributed by atoms with Crippen LogP contribution in [0.5, 0.6) is 0 Å². The van der Waals surface area contributed by atoms with Crippen LogP contribution in [0.25, 0.3) is 0 Å². The summed E-state index contributed by atoms with van der Waals surface area (Å²) in [6.45, 7) is 1.89. The Hall–Kier alpha value is -1.02. The third kappa shape index (κ3) is 1.23. The number of hydrogen-bond donors (Lipinski definition) is 0. The number of benzene rings is 1.